The second-order valence-corrected chi connectivity index (χ2v) is 7.43. The van der Waals surface area contributed by atoms with E-state index in [1.54, 1.807) is 13.0 Å². The molecule has 33 heavy (non-hydrogen) atoms. The van der Waals surface area contributed by atoms with Crippen LogP contribution in [0.2, 0.25) is 0 Å². The van der Waals surface area contributed by atoms with Crippen LogP contribution in [0.15, 0.2) is 27.2 Å². The van der Waals surface area contributed by atoms with Crippen LogP contribution in [0, 0.1) is 0 Å². The summed E-state index contributed by atoms with van der Waals surface area (Å²) in [6.45, 7) is 5.57. The SMILES string of the molecule is CCNC(=O)c1noc(-c2cc(C(C)C)c(O)cc2O)c1-c1cc(COCC(=O)OC)no1. The van der Waals surface area contributed by atoms with E-state index in [9.17, 15) is 19.8 Å². The Labute approximate surface area is 189 Å². The molecule has 11 heteroatoms. The van der Waals surface area contributed by atoms with Gasteiger partial charge in [0, 0.05) is 18.7 Å². The summed E-state index contributed by atoms with van der Waals surface area (Å²) < 4.78 is 20.6. The number of ether oxygens (including phenoxy) is 2. The highest BCUT2D eigenvalue weighted by Gasteiger charge is 2.29. The van der Waals surface area contributed by atoms with Crippen LogP contribution in [0.5, 0.6) is 11.5 Å². The molecule has 0 aliphatic heterocycles. The summed E-state index contributed by atoms with van der Waals surface area (Å²) in [6, 6.07) is 4.28. The zero-order valence-electron chi connectivity index (χ0n) is 18.7. The maximum absolute atomic E-state index is 12.6. The topological polar surface area (TPSA) is 157 Å². The number of carbonyl (C=O) groups excluding carboxylic acids is 2. The third-order valence-corrected chi connectivity index (χ3v) is 4.76. The Hall–Kier alpha value is -3.86. The summed E-state index contributed by atoms with van der Waals surface area (Å²) in [5.41, 5.74) is 1.24. The highest BCUT2D eigenvalue weighted by molar-refractivity contribution is 6.01. The molecule has 0 aliphatic rings. The molecule has 3 N–H and O–H groups in total. The molecule has 0 bridgehead atoms. The summed E-state index contributed by atoms with van der Waals surface area (Å²) in [5, 5.41) is 31.1. The quantitative estimate of drug-likeness (QED) is 0.406. The molecule has 0 spiro atoms. The molecule has 2 aromatic heterocycles. The maximum atomic E-state index is 12.6. The number of hydrogen-bond acceptors (Lipinski definition) is 10. The number of phenolic OH excluding ortho intramolecular Hbond substituents is 2. The van der Waals surface area contributed by atoms with Gasteiger partial charge in [0.25, 0.3) is 5.91 Å². The van der Waals surface area contributed by atoms with E-state index in [-0.39, 0.29) is 59.0 Å². The van der Waals surface area contributed by atoms with Gasteiger partial charge in [-0.3, -0.25) is 4.79 Å². The van der Waals surface area contributed by atoms with Crippen molar-refractivity contribution in [3.8, 4) is 34.1 Å². The molecule has 3 rings (SSSR count). The van der Waals surface area contributed by atoms with Gasteiger partial charge in [-0.15, -0.1) is 0 Å². The van der Waals surface area contributed by atoms with E-state index in [1.165, 1.54) is 19.2 Å². The molecule has 176 valence electrons. The monoisotopic (exact) mass is 459 g/mol. The van der Waals surface area contributed by atoms with Crippen molar-refractivity contribution in [2.45, 2.75) is 33.3 Å². The third-order valence-electron chi connectivity index (χ3n) is 4.76. The van der Waals surface area contributed by atoms with Crippen LogP contribution in [0.3, 0.4) is 0 Å². The van der Waals surface area contributed by atoms with Gasteiger partial charge in [0.05, 0.1) is 19.3 Å². The summed E-state index contributed by atoms with van der Waals surface area (Å²) in [5.74, 6) is -1.23. The van der Waals surface area contributed by atoms with E-state index in [2.05, 4.69) is 20.4 Å². The number of nitrogens with one attached hydrogen (secondary N) is 1. The molecule has 0 fully saturated rings. The van der Waals surface area contributed by atoms with Crippen molar-refractivity contribution in [2.75, 3.05) is 20.3 Å². The second-order valence-electron chi connectivity index (χ2n) is 7.43. The van der Waals surface area contributed by atoms with Crippen molar-refractivity contribution in [3.63, 3.8) is 0 Å². The molecule has 0 unspecified atom stereocenters. The Balaban J connectivity index is 2.06. The third kappa shape index (κ3) is 5.14. The summed E-state index contributed by atoms with van der Waals surface area (Å²) >= 11 is 0. The number of phenols is 2. The highest BCUT2D eigenvalue weighted by Crippen LogP contribution is 2.43. The van der Waals surface area contributed by atoms with Gasteiger partial charge in [-0.2, -0.15) is 0 Å². The molecule has 11 nitrogen and oxygen atoms in total. The Morgan fingerprint density at radius 1 is 1.12 bits per heavy atom. The first kappa shape index (κ1) is 23.8. The van der Waals surface area contributed by atoms with E-state index < -0.39 is 11.9 Å². The lowest BCUT2D eigenvalue weighted by Crippen LogP contribution is -2.23. The average Bonchev–Trinajstić information content (AvgIpc) is 3.40. The van der Waals surface area contributed by atoms with E-state index in [0.717, 1.165) is 0 Å². The van der Waals surface area contributed by atoms with Crippen molar-refractivity contribution >= 4 is 11.9 Å². The normalized spacial score (nSPS) is 11.1. The van der Waals surface area contributed by atoms with E-state index >= 15 is 0 Å². The van der Waals surface area contributed by atoms with Crippen molar-refractivity contribution in [1.29, 1.82) is 0 Å². The number of hydrogen-bond donors (Lipinski definition) is 3. The number of methoxy groups -OCH3 is 1. The lowest BCUT2D eigenvalue weighted by Gasteiger charge is -2.11. The first-order chi connectivity index (χ1) is 15.8. The molecule has 0 saturated heterocycles. The maximum Gasteiger partial charge on any atom is 0.331 e. The summed E-state index contributed by atoms with van der Waals surface area (Å²) in [7, 11) is 1.25. The van der Waals surface area contributed by atoms with Crippen molar-refractivity contribution < 1.29 is 38.3 Å². The van der Waals surface area contributed by atoms with E-state index in [0.29, 0.717) is 17.8 Å². The highest BCUT2D eigenvalue weighted by atomic mass is 16.6. The van der Waals surface area contributed by atoms with Crippen LogP contribution < -0.4 is 5.32 Å². The molecule has 0 aliphatic carbocycles. The number of aromatic nitrogens is 2. The Bertz CT molecular complexity index is 1150. The van der Waals surface area contributed by atoms with Gasteiger partial charge in [0.1, 0.15) is 29.4 Å². The molecule has 1 aromatic carbocycles. The number of carbonyl (C=O) groups is 2. The van der Waals surface area contributed by atoms with Gasteiger partial charge in [-0.05, 0) is 24.5 Å². The first-order valence-electron chi connectivity index (χ1n) is 10.2. The van der Waals surface area contributed by atoms with Crippen LogP contribution in [0.25, 0.3) is 22.6 Å². The smallest absolute Gasteiger partial charge is 0.331 e. The van der Waals surface area contributed by atoms with Crippen LogP contribution in [0.4, 0.5) is 0 Å². The van der Waals surface area contributed by atoms with Gasteiger partial charge in [-0.25, -0.2) is 4.79 Å². The molecule has 0 atom stereocenters. The largest absolute Gasteiger partial charge is 0.508 e. The molecule has 3 aromatic rings. The predicted molar refractivity (Wildman–Crippen MR) is 115 cm³/mol. The Morgan fingerprint density at radius 2 is 1.88 bits per heavy atom. The minimum Gasteiger partial charge on any atom is -0.508 e. The Morgan fingerprint density at radius 3 is 2.55 bits per heavy atom. The zero-order chi connectivity index (χ0) is 24.1. The standard InChI is InChI=1S/C22H25N3O8/c1-5-23-22(29)20-19(17-6-12(24-32-17)9-31-10-18(28)30-4)21(33-25-20)14-7-13(11(2)3)15(26)8-16(14)27/h6-8,11,26-27H,5,9-10H2,1-4H3,(H,23,29). The predicted octanol–water partition coefficient (Wildman–Crippen LogP) is 2.97. The molecular formula is C22H25N3O8. The van der Waals surface area contributed by atoms with Crippen molar-refractivity contribution in [2.24, 2.45) is 0 Å². The lowest BCUT2D eigenvalue weighted by atomic mass is 9.95. The van der Waals surface area contributed by atoms with Gasteiger partial charge >= 0.3 is 5.97 Å². The molecule has 2 heterocycles. The molecule has 0 radical (unpaired) electrons. The number of rotatable bonds is 9. The van der Waals surface area contributed by atoms with Gasteiger partial charge in [0.2, 0.25) is 0 Å². The van der Waals surface area contributed by atoms with Crippen LogP contribution in [-0.2, 0) is 20.9 Å². The van der Waals surface area contributed by atoms with Gasteiger partial charge in [-0.1, -0.05) is 24.2 Å². The number of amides is 1. The number of esters is 1. The van der Waals surface area contributed by atoms with Crippen molar-refractivity contribution in [1.82, 2.24) is 15.6 Å². The van der Waals surface area contributed by atoms with Crippen LogP contribution >= 0.6 is 0 Å². The summed E-state index contributed by atoms with van der Waals surface area (Å²) in [4.78, 5) is 23.8. The molecule has 1 amide bonds. The minimum absolute atomic E-state index is 0.0440. The fraction of sp³-hybridized carbons (Fsp3) is 0.364. The van der Waals surface area contributed by atoms with E-state index in [1.807, 2.05) is 13.8 Å². The van der Waals surface area contributed by atoms with E-state index in [4.69, 9.17) is 13.8 Å². The number of aromatic hydroxyl groups is 2. The van der Waals surface area contributed by atoms with Crippen LogP contribution in [-0.4, -0.2) is 52.7 Å². The fourth-order valence-electron chi connectivity index (χ4n) is 3.14. The zero-order valence-corrected chi connectivity index (χ0v) is 18.7. The lowest BCUT2D eigenvalue weighted by molar-refractivity contribution is -0.146. The number of benzene rings is 1. The number of nitrogens with zero attached hydrogens (tertiary/aromatic N) is 2. The summed E-state index contributed by atoms with van der Waals surface area (Å²) in [6.07, 6.45) is 0. The fourth-order valence-corrected chi connectivity index (χ4v) is 3.14. The van der Waals surface area contributed by atoms with Crippen molar-refractivity contribution in [3.05, 3.63) is 35.2 Å². The average molecular weight is 459 g/mol. The Kier molecular flexibility index (Phi) is 7.34. The van der Waals surface area contributed by atoms with Crippen LogP contribution in [0.1, 0.15) is 48.4 Å². The second kappa shape index (κ2) is 10.2. The first-order valence-corrected chi connectivity index (χ1v) is 10.2. The molecular weight excluding hydrogens is 434 g/mol. The minimum atomic E-state index is -0.540. The van der Waals surface area contributed by atoms with Gasteiger partial charge in [0.15, 0.2) is 17.2 Å². The molecule has 0 saturated carbocycles. The van der Waals surface area contributed by atoms with Gasteiger partial charge < -0.3 is 34.0 Å².